The first kappa shape index (κ1) is 18.5. The van der Waals surface area contributed by atoms with E-state index < -0.39 is 0 Å². The van der Waals surface area contributed by atoms with Gasteiger partial charge in [-0.25, -0.2) is 4.79 Å². The predicted octanol–water partition coefficient (Wildman–Crippen LogP) is 6.41. The highest BCUT2D eigenvalue weighted by Gasteiger charge is 2.05. The Hall–Kier alpha value is -1.87. The largest absolute Gasteiger partial charge is 0.423 e. The van der Waals surface area contributed by atoms with Gasteiger partial charge in [-0.15, -0.1) is 11.3 Å². The zero-order valence-electron chi connectivity index (χ0n) is 14.6. The Labute approximate surface area is 149 Å². The lowest BCUT2D eigenvalue weighted by Crippen LogP contribution is -2.03. The second-order valence-corrected chi connectivity index (χ2v) is 7.03. The number of ether oxygens (including phenoxy) is 1. The van der Waals surface area contributed by atoms with E-state index in [-0.39, 0.29) is 5.97 Å². The molecule has 0 aliphatic heterocycles. The highest BCUT2D eigenvalue weighted by atomic mass is 32.1. The predicted molar refractivity (Wildman–Crippen MR) is 103 cm³/mol. The molecular weight excluding hydrogens is 316 g/mol. The van der Waals surface area contributed by atoms with Gasteiger partial charge in [0.1, 0.15) is 5.75 Å². The summed E-state index contributed by atoms with van der Waals surface area (Å²) in [6.07, 6.45) is 10.2. The van der Waals surface area contributed by atoms with Crippen LogP contribution in [-0.2, 0) is 11.2 Å². The number of allylic oxidation sites excluding steroid dienone is 1. The second kappa shape index (κ2) is 10.1. The highest BCUT2D eigenvalue weighted by Crippen LogP contribution is 2.30. The number of aryl methyl sites for hydroxylation is 1. The van der Waals surface area contributed by atoms with Crippen molar-refractivity contribution in [1.29, 1.82) is 0 Å². The van der Waals surface area contributed by atoms with Gasteiger partial charge in [0.05, 0.1) is 0 Å². The van der Waals surface area contributed by atoms with Crippen molar-refractivity contribution in [2.24, 2.45) is 0 Å². The van der Waals surface area contributed by atoms with E-state index >= 15 is 0 Å². The van der Waals surface area contributed by atoms with Gasteiger partial charge in [0.2, 0.25) is 0 Å². The van der Waals surface area contributed by atoms with Crippen LogP contribution in [0.2, 0.25) is 0 Å². The number of thiophene rings is 1. The summed E-state index contributed by atoms with van der Waals surface area (Å²) in [6, 6.07) is 12.2. The van der Waals surface area contributed by atoms with Crippen LogP contribution in [0.1, 0.15) is 50.8 Å². The van der Waals surface area contributed by atoms with Gasteiger partial charge in [0.15, 0.2) is 0 Å². The first-order valence-corrected chi connectivity index (χ1v) is 9.62. The normalized spacial score (nSPS) is 11.1. The maximum atomic E-state index is 11.7. The van der Waals surface area contributed by atoms with E-state index in [2.05, 4.69) is 26.0 Å². The lowest BCUT2D eigenvalue weighted by atomic mass is 10.1. The summed E-state index contributed by atoms with van der Waals surface area (Å²) in [5.41, 5.74) is 1.17. The molecular formula is C21H26O2S. The van der Waals surface area contributed by atoms with Crippen LogP contribution in [0, 0.1) is 0 Å². The third-order valence-electron chi connectivity index (χ3n) is 3.75. The highest BCUT2D eigenvalue weighted by molar-refractivity contribution is 7.15. The molecule has 0 unspecified atom stereocenters. The summed E-state index contributed by atoms with van der Waals surface area (Å²) >= 11 is 1.85. The molecule has 0 spiro atoms. The van der Waals surface area contributed by atoms with Gasteiger partial charge >= 0.3 is 5.97 Å². The first-order valence-electron chi connectivity index (χ1n) is 8.80. The van der Waals surface area contributed by atoms with E-state index in [1.165, 1.54) is 40.7 Å². The van der Waals surface area contributed by atoms with E-state index in [1.54, 1.807) is 0 Å². The first-order chi connectivity index (χ1) is 11.7. The van der Waals surface area contributed by atoms with E-state index in [9.17, 15) is 4.79 Å². The molecule has 0 atom stereocenters. The van der Waals surface area contributed by atoms with Gasteiger partial charge in [-0.1, -0.05) is 39.2 Å². The fourth-order valence-electron chi connectivity index (χ4n) is 2.40. The number of hydrogen-bond acceptors (Lipinski definition) is 3. The summed E-state index contributed by atoms with van der Waals surface area (Å²) < 4.78 is 5.30. The molecule has 0 N–H and O–H groups in total. The van der Waals surface area contributed by atoms with Gasteiger partial charge < -0.3 is 4.74 Å². The molecule has 1 heterocycles. The molecule has 0 amide bonds. The number of carbonyl (C=O) groups excluding carboxylic acids is 1. The van der Waals surface area contributed by atoms with Gasteiger partial charge in [-0.3, -0.25) is 0 Å². The van der Waals surface area contributed by atoms with Crippen molar-refractivity contribution in [3.8, 4) is 16.2 Å². The zero-order chi connectivity index (χ0) is 17.2. The number of unbranched alkanes of at least 4 members (excludes halogenated alkanes) is 3. The Morgan fingerprint density at radius 1 is 1.04 bits per heavy atom. The maximum absolute atomic E-state index is 11.7. The van der Waals surface area contributed by atoms with Crippen LogP contribution in [0.4, 0.5) is 0 Å². The molecule has 0 saturated heterocycles. The van der Waals surface area contributed by atoms with Crippen molar-refractivity contribution in [3.05, 3.63) is 53.4 Å². The average Bonchev–Trinajstić information content (AvgIpc) is 3.05. The summed E-state index contributed by atoms with van der Waals surface area (Å²) in [5, 5.41) is 0. The third kappa shape index (κ3) is 5.97. The molecule has 0 saturated carbocycles. The van der Waals surface area contributed by atoms with Gasteiger partial charge in [-0.2, -0.15) is 0 Å². The molecule has 2 aromatic rings. The minimum absolute atomic E-state index is 0.314. The summed E-state index contributed by atoms with van der Waals surface area (Å²) in [5.74, 6) is 0.273. The average molecular weight is 343 g/mol. The Bertz CT molecular complexity index is 653. The van der Waals surface area contributed by atoms with Gasteiger partial charge in [0.25, 0.3) is 0 Å². The Morgan fingerprint density at radius 2 is 1.83 bits per heavy atom. The molecule has 1 aromatic carbocycles. The monoisotopic (exact) mass is 342 g/mol. The summed E-state index contributed by atoms with van der Waals surface area (Å²) in [6.45, 7) is 4.31. The zero-order valence-corrected chi connectivity index (χ0v) is 15.4. The molecule has 0 radical (unpaired) electrons. The molecule has 0 aliphatic carbocycles. The molecule has 3 heteroatoms. The number of hydrogen-bond donors (Lipinski definition) is 0. The van der Waals surface area contributed by atoms with Crippen molar-refractivity contribution < 1.29 is 9.53 Å². The third-order valence-corrected chi connectivity index (χ3v) is 4.95. The maximum Gasteiger partial charge on any atom is 0.335 e. The number of esters is 1. The molecule has 0 aliphatic rings. The van der Waals surface area contributed by atoms with Crippen LogP contribution in [0.15, 0.2) is 48.6 Å². The van der Waals surface area contributed by atoms with Crippen LogP contribution >= 0.6 is 11.3 Å². The smallest absolute Gasteiger partial charge is 0.335 e. The van der Waals surface area contributed by atoms with Gasteiger partial charge in [-0.05, 0) is 61.2 Å². The van der Waals surface area contributed by atoms with E-state index in [1.807, 2.05) is 41.7 Å². The Balaban J connectivity index is 1.93. The van der Waals surface area contributed by atoms with Crippen LogP contribution in [0.25, 0.3) is 10.4 Å². The van der Waals surface area contributed by atoms with Crippen LogP contribution in [-0.4, -0.2) is 5.97 Å². The van der Waals surface area contributed by atoms with Crippen LogP contribution in [0.5, 0.6) is 5.75 Å². The van der Waals surface area contributed by atoms with Crippen molar-refractivity contribution in [3.63, 3.8) is 0 Å². The van der Waals surface area contributed by atoms with Crippen molar-refractivity contribution in [1.82, 2.24) is 0 Å². The lowest BCUT2D eigenvalue weighted by molar-refractivity contribution is -0.129. The SMILES string of the molecule is CCC/C=C/C(=O)Oc1ccc(-c2ccc(CCCCC)s2)cc1. The van der Waals surface area contributed by atoms with Crippen LogP contribution in [0.3, 0.4) is 0 Å². The summed E-state index contributed by atoms with van der Waals surface area (Å²) in [7, 11) is 0. The lowest BCUT2D eigenvalue weighted by Gasteiger charge is -2.03. The molecule has 0 bridgehead atoms. The number of carbonyl (C=O) groups is 1. The molecule has 128 valence electrons. The quantitative estimate of drug-likeness (QED) is 0.228. The molecule has 0 fully saturated rings. The fourth-order valence-corrected chi connectivity index (χ4v) is 3.46. The number of benzene rings is 1. The standard InChI is InChI=1S/C21H26O2S/c1-3-5-7-9-19-15-16-20(24-19)17-11-13-18(14-12-17)23-21(22)10-8-6-4-2/h8,10-16H,3-7,9H2,1-2H3/b10-8+. The minimum atomic E-state index is -0.314. The molecule has 2 nitrogen and oxygen atoms in total. The topological polar surface area (TPSA) is 26.3 Å². The van der Waals surface area contributed by atoms with Crippen LogP contribution < -0.4 is 4.74 Å². The fraction of sp³-hybridized carbons (Fsp3) is 0.381. The molecule has 24 heavy (non-hydrogen) atoms. The van der Waals surface area contributed by atoms with Crippen molar-refractivity contribution in [2.75, 3.05) is 0 Å². The molecule has 1 aromatic heterocycles. The Kier molecular flexibility index (Phi) is 7.76. The number of rotatable bonds is 9. The summed E-state index contributed by atoms with van der Waals surface area (Å²) in [4.78, 5) is 14.4. The Morgan fingerprint density at radius 3 is 2.54 bits per heavy atom. The van der Waals surface area contributed by atoms with E-state index in [0.717, 1.165) is 19.3 Å². The minimum Gasteiger partial charge on any atom is -0.423 e. The van der Waals surface area contributed by atoms with Gasteiger partial charge in [0, 0.05) is 15.8 Å². The van der Waals surface area contributed by atoms with Crippen molar-refractivity contribution in [2.45, 2.75) is 52.4 Å². The van der Waals surface area contributed by atoms with Crippen molar-refractivity contribution >= 4 is 17.3 Å². The van der Waals surface area contributed by atoms with E-state index in [4.69, 9.17) is 4.74 Å². The molecule has 2 rings (SSSR count). The second-order valence-electron chi connectivity index (χ2n) is 5.86. The van der Waals surface area contributed by atoms with E-state index in [0.29, 0.717) is 5.75 Å².